The zero-order valence-corrected chi connectivity index (χ0v) is 11.7. The van der Waals surface area contributed by atoms with Gasteiger partial charge in [-0.2, -0.15) is 0 Å². The minimum Gasteiger partial charge on any atom is -0.464 e. The molecule has 2 N–H and O–H groups in total. The van der Waals surface area contributed by atoms with Gasteiger partial charge in [0.25, 0.3) is 0 Å². The fraction of sp³-hybridized carbons (Fsp3) is 0.846. The third-order valence-electron chi connectivity index (χ3n) is 3.46. The van der Waals surface area contributed by atoms with Crippen molar-refractivity contribution in [2.24, 2.45) is 0 Å². The van der Waals surface area contributed by atoms with Crippen molar-refractivity contribution in [3.05, 3.63) is 0 Å². The number of nitrogens with one attached hydrogen (secondary N) is 1. The van der Waals surface area contributed by atoms with Crippen LogP contribution in [0.15, 0.2) is 0 Å². The molecule has 0 aromatic rings. The Labute approximate surface area is 114 Å². The molecule has 110 valence electrons. The first-order chi connectivity index (χ1) is 9.02. The standard InChI is InChI=1S/C13H24N2O4/c1-3-10(2)19-12(16)8-7-11-6-4-5-9-15(11)14-13(17)18/h10-11,14H,3-9H2,1-2H3,(H,17,18). The number of esters is 1. The van der Waals surface area contributed by atoms with Gasteiger partial charge in [-0.3, -0.25) is 10.2 Å². The van der Waals surface area contributed by atoms with Gasteiger partial charge in [0.15, 0.2) is 0 Å². The number of amides is 1. The lowest BCUT2D eigenvalue weighted by Gasteiger charge is -2.34. The molecule has 0 aliphatic carbocycles. The van der Waals surface area contributed by atoms with Crippen LogP contribution >= 0.6 is 0 Å². The van der Waals surface area contributed by atoms with Gasteiger partial charge in [0, 0.05) is 19.0 Å². The number of piperidine rings is 1. The van der Waals surface area contributed by atoms with Gasteiger partial charge in [-0.05, 0) is 32.6 Å². The molecule has 2 atom stereocenters. The molecule has 2 unspecified atom stereocenters. The number of carbonyl (C=O) groups excluding carboxylic acids is 1. The van der Waals surface area contributed by atoms with Crippen LogP contribution in [0.1, 0.15) is 52.4 Å². The number of hydrogen-bond acceptors (Lipinski definition) is 4. The molecule has 1 saturated heterocycles. The molecule has 0 radical (unpaired) electrons. The highest BCUT2D eigenvalue weighted by Crippen LogP contribution is 2.19. The maximum atomic E-state index is 11.6. The second-order valence-corrected chi connectivity index (χ2v) is 5.01. The number of rotatable bonds is 6. The summed E-state index contributed by atoms with van der Waals surface area (Å²) in [6.07, 6.45) is 3.65. The average molecular weight is 272 g/mol. The van der Waals surface area contributed by atoms with E-state index in [1.54, 1.807) is 5.01 Å². The number of nitrogens with zero attached hydrogens (tertiary/aromatic N) is 1. The molecule has 6 nitrogen and oxygen atoms in total. The zero-order valence-electron chi connectivity index (χ0n) is 11.7. The van der Waals surface area contributed by atoms with Gasteiger partial charge in [0.05, 0.1) is 6.10 Å². The van der Waals surface area contributed by atoms with E-state index in [-0.39, 0.29) is 18.1 Å². The van der Waals surface area contributed by atoms with E-state index in [0.717, 1.165) is 25.7 Å². The van der Waals surface area contributed by atoms with Crippen LogP contribution in [0.4, 0.5) is 4.79 Å². The minimum atomic E-state index is -1.05. The Bertz CT molecular complexity index is 309. The lowest BCUT2D eigenvalue weighted by molar-refractivity contribution is -0.148. The first-order valence-electron chi connectivity index (χ1n) is 6.98. The quantitative estimate of drug-likeness (QED) is 0.724. The summed E-state index contributed by atoms with van der Waals surface area (Å²) in [5, 5.41) is 10.5. The Morgan fingerprint density at radius 2 is 2.21 bits per heavy atom. The van der Waals surface area contributed by atoms with Gasteiger partial charge >= 0.3 is 12.1 Å². The predicted octanol–water partition coefficient (Wildman–Crippen LogP) is 2.15. The van der Waals surface area contributed by atoms with E-state index < -0.39 is 6.09 Å². The molecule has 0 aromatic heterocycles. The molecule has 1 aliphatic rings. The van der Waals surface area contributed by atoms with Crippen LogP contribution in [0, 0.1) is 0 Å². The van der Waals surface area contributed by atoms with E-state index in [1.165, 1.54) is 0 Å². The van der Waals surface area contributed by atoms with Gasteiger partial charge in [0.1, 0.15) is 0 Å². The SMILES string of the molecule is CCC(C)OC(=O)CCC1CCCCN1NC(=O)O. The number of carbonyl (C=O) groups is 2. The Morgan fingerprint density at radius 3 is 2.84 bits per heavy atom. The molecule has 1 heterocycles. The van der Waals surface area contributed by atoms with Crippen LogP contribution in [0.5, 0.6) is 0 Å². The van der Waals surface area contributed by atoms with Crippen LogP contribution in [0.25, 0.3) is 0 Å². The smallest absolute Gasteiger partial charge is 0.419 e. The predicted molar refractivity (Wildman–Crippen MR) is 70.6 cm³/mol. The molecule has 6 heteroatoms. The molecule has 0 aromatic carbocycles. The first kappa shape index (κ1) is 15.8. The van der Waals surface area contributed by atoms with Crippen molar-refractivity contribution in [1.29, 1.82) is 0 Å². The van der Waals surface area contributed by atoms with Crippen LogP contribution in [-0.4, -0.2) is 40.9 Å². The third-order valence-corrected chi connectivity index (χ3v) is 3.46. The fourth-order valence-corrected chi connectivity index (χ4v) is 2.22. The normalized spacial score (nSPS) is 21.7. The minimum absolute atomic E-state index is 0.0490. The van der Waals surface area contributed by atoms with E-state index in [0.29, 0.717) is 19.4 Å². The van der Waals surface area contributed by atoms with Crippen molar-refractivity contribution in [2.45, 2.75) is 64.5 Å². The van der Waals surface area contributed by atoms with Gasteiger partial charge in [-0.15, -0.1) is 0 Å². The second kappa shape index (κ2) is 7.99. The number of ether oxygens (including phenoxy) is 1. The molecule has 0 spiro atoms. The fourth-order valence-electron chi connectivity index (χ4n) is 2.22. The summed E-state index contributed by atoms with van der Waals surface area (Å²) in [5.74, 6) is -0.199. The highest BCUT2D eigenvalue weighted by atomic mass is 16.5. The van der Waals surface area contributed by atoms with E-state index in [2.05, 4.69) is 5.43 Å². The molecule has 1 amide bonds. The highest BCUT2D eigenvalue weighted by molar-refractivity contribution is 5.69. The average Bonchev–Trinajstić information content (AvgIpc) is 2.37. The summed E-state index contributed by atoms with van der Waals surface area (Å²) >= 11 is 0. The van der Waals surface area contributed by atoms with Crippen molar-refractivity contribution in [3.63, 3.8) is 0 Å². The molecule has 0 bridgehead atoms. The molecule has 19 heavy (non-hydrogen) atoms. The van der Waals surface area contributed by atoms with Crippen LogP contribution in [0.3, 0.4) is 0 Å². The van der Waals surface area contributed by atoms with Crippen molar-refractivity contribution in [3.8, 4) is 0 Å². The third kappa shape index (κ3) is 5.92. The van der Waals surface area contributed by atoms with Gasteiger partial charge in [0.2, 0.25) is 0 Å². The summed E-state index contributed by atoms with van der Waals surface area (Å²) in [5.41, 5.74) is 2.41. The molecule has 1 rings (SSSR count). The topological polar surface area (TPSA) is 78.9 Å². The van der Waals surface area contributed by atoms with E-state index in [1.807, 2.05) is 13.8 Å². The summed E-state index contributed by atoms with van der Waals surface area (Å²) in [7, 11) is 0. The number of hydrogen-bond donors (Lipinski definition) is 2. The van der Waals surface area contributed by atoms with Gasteiger partial charge < -0.3 is 9.84 Å². The Kier molecular flexibility index (Phi) is 6.62. The lowest BCUT2D eigenvalue weighted by Crippen LogP contribution is -2.50. The van der Waals surface area contributed by atoms with E-state index in [9.17, 15) is 9.59 Å². The van der Waals surface area contributed by atoms with Crippen molar-refractivity contribution < 1.29 is 19.4 Å². The highest BCUT2D eigenvalue weighted by Gasteiger charge is 2.24. The van der Waals surface area contributed by atoms with E-state index >= 15 is 0 Å². The second-order valence-electron chi connectivity index (χ2n) is 5.01. The van der Waals surface area contributed by atoms with Crippen molar-refractivity contribution in [2.75, 3.05) is 6.54 Å². The largest absolute Gasteiger partial charge is 0.464 e. The van der Waals surface area contributed by atoms with Gasteiger partial charge in [-0.25, -0.2) is 9.80 Å². The summed E-state index contributed by atoms with van der Waals surface area (Å²) in [6, 6.07) is 0.0920. The van der Waals surface area contributed by atoms with Crippen LogP contribution in [0.2, 0.25) is 0 Å². The van der Waals surface area contributed by atoms with Crippen molar-refractivity contribution in [1.82, 2.24) is 10.4 Å². The Balaban J connectivity index is 2.36. The Morgan fingerprint density at radius 1 is 1.47 bits per heavy atom. The maximum Gasteiger partial charge on any atom is 0.419 e. The summed E-state index contributed by atoms with van der Waals surface area (Å²) in [4.78, 5) is 22.3. The lowest BCUT2D eigenvalue weighted by atomic mass is 10.00. The summed E-state index contributed by atoms with van der Waals surface area (Å²) < 4.78 is 5.21. The molecule has 0 saturated carbocycles. The summed E-state index contributed by atoms with van der Waals surface area (Å²) in [6.45, 7) is 4.55. The molecular formula is C13H24N2O4. The van der Waals surface area contributed by atoms with Crippen LogP contribution < -0.4 is 5.43 Å². The number of carboxylic acid groups (broad SMARTS) is 1. The van der Waals surface area contributed by atoms with Crippen molar-refractivity contribution >= 4 is 12.1 Å². The van der Waals surface area contributed by atoms with Crippen LogP contribution in [-0.2, 0) is 9.53 Å². The first-order valence-corrected chi connectivity index (χ1v) is 6.98. The Hall–Kier alpha value is -1.30. The maximum absolute atomic E-state index is 11.6. The van der Waals surface area contributed by atoms with E-state index in [4.69, 9.17) is 9.84 Å². The molecular weight excluding hydrogens is 248 g/mol. The number of hydrazine groups is 1. The zero-order chi connectivity index (χ0) is 14.3. The molecule has 1 aliphatic heterocycles. The molecule has 1 fully saturated rings. The van der Waals surface area contributed by atoms with Gasteiger partial charge in [-0.1, -0.05) is 13.3 Å². The monoisotopic (exact) mass is 272 g/mol.